The first kappa shape index (κ1) is 23.7. The number of H-pyrrole nitrogens is 1. The van der Waals surface area contributed by atoms with Crippen LogP contribution in [0.5, 0.6) is 17.2 Å². The number of benzene rings is 3. The smallest absolute Gasteiger partial charge is 0.409 e. The Morgan fingerprint density at radius 1 is 1.06 bits per heavy atom. The van der Waals surface area contributed by atoms with Gasteiger partial charge in [0.15, 0.2) is 0 Å². The largest absolute Gasteiger partial charge is 0.497 e. The molecule has 0 spiro atoms. The number of nitrogens with one attached hydrogen (secondary N) is 1. The highest BCUT2D eigenvalue weighted by molar-refractivity contribution is 5.81. The van der Waals surface area contributed by atoms with Crippen molar-refractivity contribution >= 4 is 17.1 Å². The summed E-state index contributed by atoms with van der Waals surface area (Å²) in [5, 5.41) is 0. The molecule has 8 heteroatoms. The van der Waals surface area contributed by atoms with Crippen molar-refractivity contribution in [1.29, 1.82) is 0 Å². The van der Waals surface area contributed by atoms with Crippen LogP contribution >= 0.6 is 0 Å². The fraction of sp³-hybridized carbons (Fsp3) is 0.286. The Bertz CT molecular complexity index is 1320. The number of methoxy groups -OCH3 is 1. The molecule has 0 aliphatic carbocycles. The lowest BCUT2D eigenvalue weighted by molar-refractivity contribution is 0.125. The van der Waals surface area contributed by atoms with Gasteiger partial charge >= 0.3 is 6.09 Å². The highest BCUT2D eigenvalue weighted by atomic mass is 16.5. The summed E-state index contributed by atoms with van der Waals surface area (Å²) in [5.41, 5.74) is 8.88. The number of fused-ring (bicyclic) bond motifs is 1. The molecule has 1 unspecified atom stereocenters. The molecule has 1 saturated heterocycles. The second kappa shape index (κ2) is 10.7. The van der Waals surface area contributed by atoms with Gasteiger partial charge in [-0.1, -0.05) is 12.1 Å². The zero-order valence-electron chi connectivity index (χ0n) is 20.3. The number of hydrogen-bond donors (Lipinski definition) is 2. The third kappa shape index (κ3) is 5.78. The van der Waals surface area contributed by atoms with E-state index in [-0.39, 0.29) is 0 Å². The van der Waals surface area contributed by atoms with Gasteiger partial charge in [-0.25, -0.2) is 9.78 Å². The standard InChI is InChI=1S/C28H30N4O4/c1-34-22-8-4-19(5-9-22)16-32-14-2-3-20(17-32)18-35-23-10-6-21(7-11-23)27-30-25-13-12-24(36-28(29)33)15-26(25)31-27/h4-13,15,20H,2-3,14,16-18H2,1H3,(H2,29,33)(H,30,31). The minimum Gasteiger partial charge on any atom is -0.497 e. The summed E-state index contributed by atoms with van der Waals surface area (Å²) < 4.78 is 16.3. The van der Waals surface area contributed by atoms with Gasteiger partial charge in [-0.15, -0.1) is 0 Å². The molecule has 2 heterocycles. The van der Waals surface area contributed by atoms with Crippen LogP contribution in [-0.4, -0.2) is 47.8 Å². The molecule has 4 aromatic rings. The minimum absolute atomic E-state index is 0.374. The first-order valence-corrected chi connectivity index (χ1v) is 12.1. The molecule has 1 atom stereocenters. The number of aromatic amines is 1. The third-order valence-corrected chi connectivity index (χ3v) is 6.45. The molecule has 5 rings (SSSR count). The lowest BCUT2D eigenvalue weighted by Crippen LogP contribution is -2.37. The van der Waals surface area contributed by atoms with Crippen molar-refractivity contribution in [3.63, 3.8) is 0 Å². The number of nitrogens with zero attached hydrogens (tertiary/aromatic N) is 2. The van der Waals surface area contributed by atoms with Crippen LogP contribution in [0.3, 0.4) is 0 Å². The summed E-state index contributed by atoms with van der Waals surface area (Å²) in [5.74, 6) is 3.34. The SMILES string of the molecule is COc1ccc(CN2CCCC(COc3ccc(-c4nc5ccc(OC(N)=O)cc5[nH]4)cc3)C2)cc1. The van der Waals surface area contributed by atoms with Crippen LogP contribution < -0.4 is 19.9 Å². The van der Waals surface area contributed by atoms with Crippen molar-refractivity contribution in [1.82, 2.24) is 14.9 Å². The Morgan fingerprint density at radius 2 is 1.81 bits per heavy atom. The van der Waals surface area contributed by atoms with Crippen molar-refractivity contribution in [3.05, 3.63) is 72.3 Å². The van der Waals surface area contributed by atoms with Crippen LogP contribution in [0, 0.1) is 5.92 Å². The van der Waals surface area contributed by atoms with Crippen molar-refractivity contribution in [3.8, 4) is 28.6 Å². The molecular formula is C28H30N4O4. The predicted octanol–water partition coefficient (Wildman–Crippen LogP) is 4.99. The number of piperidine rings is 1. The second-order valence-electron chi connectivity index (χ2n) is 9.11. The van der Waals surface area contributed by atoms with Crippen LogP contribution in [0.2, 0.25) is 0 Å². The maximum atomic E-state index is 11.0. The average Bonchev–Trinajstić information content (AvgIpc) is 3.32. The normalized spacial score (nSPS) is 16.1. The van der Waals surface area contributed by atoms with Gasteiger partial charge in [-0.2, -0.15) is 0 Å². The lowest BCUT2D eigenvalue weighted by atomic mass is 9.98. The number of carbonyl (C=O) groups excluding carboxylic acids is 1. The maximum Gasteiger partial charge on any atom is 0.409 e. The molecule has 1 aliphatic heterocycles. The molecule has 36 heavy (non-hydrogen) atoms. The van der Waals surface area contributed by atoms with E-state index in [1.165, 1.54) is 18.4 Å². The van der Waals surface area contributed by atoms with E-state index in [0.29, 0.717) is 18.3 Å². The molecule has 1 aliphatic rings. The quantitative estimate of drug-likeness (QED) is 0.364. The van der Waals surface area contributed by atoms with Gasteiger partial charge in [0.25, 0.3) is 0 Å². The molecule has 1 amide bonds. The van der Waals surface area contributed by atoms with Crippen LogP contribution in [0.4, 0.5) is 4.79 Å². The molecule has 0 saturated carbocycles. The van der Waals surface area contributed by atoms with E-state index in [0.717, 1.165) is 53.6 Å². The molecule has 1 aromatic heterocycles. The van der Waals surface area contributed by atoms with Crippen molar-refractivity contribution in [2.75, 3.05) is 26.8 Å². The predicted molar refractivity (Wildman–Crippen MR) is 138 cm³/mol. The molecule has 8 nitrogen and oxygen atoms in total. The van der Waals surface area contributed by atoms with Gasteiger partial charge in [0.2, 0.25) is 0 Å². The van der Waals surface area contributed by atoms with E-state index >= 15 is 0 Å². The van der Waals surface area contributed by atoms with Crippen LogP contribution in [0.25, 0.3) is 22.4 Å². The van der Waals surface area contributed by atoms with Crippen molar-refractivity contribution in [2.24, 2.45) is 11.7 Å². The monoisotopic (exact) mass is 486 g/mol. The first-order chi connectivity index (χ1) is 17.6. The number of nitrogens with two attached hydrogens (primary N) is 1. The maximum absolute atomic E-state index is 11.0. The summed E-state index contributed by atoms with van der Waals surface area (Å²) in [6, 6.07) is 21.4. The number of primary amides is 1. The molecule has 3 aromatic carbocycles. The van der Waals surface area contributed by atoms with E-state index in [2.05, 4.69) is 27.0 Å². The summed E-state index contributed by atoms with van der Waals surface area (Å²) in [6.07, 6.45) is 1.52. The van der Waals surface area contributed by atoms with E-state index in [4.69, 9.17) is 19.9 Å². The zero-order valence-corrected chi connectivity index (χ0v) is 20.3. The Balaban J connectivity index is 1.16. The fourth-order valence-electron chi connectivity index (χ4n) is 4.65. The van der Waals surface area contributed by atoms with Gasteiger partial charge in [-0.3, -0.25) is 4.90 Å². The van der Waals surface area contributed by atoms with E-state index in [1.807, 2.05) is 36.4 Å². The van der Waals surface area contributed by atoms with Crippen molar-refractivity contribution < 1.29 is 19.0 Å². The summed E-state index contributed by atoms with van der Waals surface area (Å²) in [6.45, 7) is 3.80. The molecule has 186 valence electrons. The highest BCUT2D eigenvalue weighted by Crippen LogP contribution is 2.26. The average molecular weight is 487 g/mol. The second-order valence-corrected chi connectivity index (χ2v) is 9.11. The van der Waals surface area contributed by atoms with Gasteiger partial charge < -0.3 is 24.9 Å². The Kier molecular flexibility index (Phi) is 7.04. The Morgan fingerprint density at radius 3 is 2.56 bits per heavy atom. The third-order valence-electron chi connectivity index (χ3n) is 6.45. The van der Waals surface area contributed by atoms with Gasteiger partial charge in [-0.05, 0) is 73.5 Å². The molecule has 0 radical (unpaired) electrons. The van der Waals surface area contributed by atoms with Gasteiger partial charge in [0.05, 0.1) is 24.8 Å². The topological polar surface area (TPSA) is 103 Å². The molecule has 3 N–H and O–H groups in total. The molecule has 1 fully saturated rings. The zero-order chi connectivity index (χ0) is 24.9. The summed E-state index contributed by atoms with van der Waals surface area (Å²) in [4.78, 5) is 21.4. The number of ether oxygens (including phenoxy) is 3. The van der Waals surface area contributed by atoms with Gasteiger partial charge in [0, 0.05) is 30.6 Å². The number of aromatic nitrogens is 2. The number of imidazole rings is 1. The fourth-order valence-corrected chi connectivity index (χ4v) is 4.65. The van der Waals surface area contributed by atoms with Crippen molar-refractivity contribution in [2.45, 2.75) is 19.4 Å². The van der Waals surface area contributed by atoms with Crippen LogP contribution in [0.1, 0.15) is 18.4 Å². The summed E-state index contributed by atoms with van der Waals surface area (Å²) >= 11 is 0. The summed E-state index contributed by atoms with van der Waals surface area (Å²) in [7, 11) is 1.69. The minimum atomic E-state index is -0.845. The first-order valence-electron chi connectivity index (χ1n) is 12.1. The number of rotatable bonds is 8. The number of likely N-dealkylation sites (tertiary alicyclic amines) is 1. The lowest BCUT2D eigenvalue weighted by Gasteiger charge is -2.32. The Labute approximate surface area is 210 Å². The molecular weight excluding hydrogens is 456 g/mol. The van der Waals surface area contributed by atoms with E-state index < -0.39 is 6.09 Å². The molecule has 0 bridgehead atoms. The van der Waals surface area contributed by atoms with Crippen LogP contribution in [-0.2, 0) is 6.54 Å². The number of hydrogen-bond acceptors (Lipinski definition) is 6. The van der Waals surface area contributed by atoms with E-state index in [9.17, 15) is 4.79 Å². The van der Waals surface area contributed by atoms with E-state index in [1.54, 1.807) is 25.3 Å². The highest BCUT2D eigenvalue weighted by Gasteiger charge is 2.20. The Hall–Kier alpha value is -4.04. The van der Waals surface area contributed by atoms with Crippen LogP contribution in [0.15, 0.2) is 66.7 Å². The number of carbonyl (C=O) groups is 1. The number of amides is 1. The van der Waals surface area contributed by atoms with Gasteiger partial charge in [0.1, 0.15) is 23.1 Å².